The van der Waals surface area contributed by atoms with E-state index in [1.54, 1.807) is 6.92 Å². The summed E-state index contributed by atoms with van der Waals surface area (Å²) in [4.78, 5) is 0. The van der Waals surface area contributed by atoms with Gasteiger partial charge in [-0.2, -0.15) is 0 Å². The highest BCUT2D eigenvalue weighted by Gasteiger charge is 2.25. The molecule has 0 amide bonds. The Labute approximate surface area is 115 Å². The minimum Gasteiger partial charge on any atom is -0.324 e. The molecule has 1 heterocycles. The number of aryl methyl sites for hydroxylation is 1. The largest absolute Gasteiger partial charge is 0.324 e. The molecule has 0 saturated carbocycles. The molecule has 106 valence electrons. The van der Waals surface area contributed by atoms with Crippen LogP contribution in [0.15, 0.2) is 18.2 Å². The third-order valence-corrected chi connectivity index (χ3v) is 3.85. The first-order valence-corrected chi connectivity index (χ1v) is 6.60. The van der Waals surface area contributed by atoms with Gasteiger partial charge < -0.3 is 10.3 Å². The van der Waals surface area contributed by atoms with Crippen molar-refractivity contribution in [1.82, 2.24) is 4.57 Å². The molecule has 0 saturated heterocycles. The van der Waals surface area contributed by atoms with E-state index in [0.717, 1.165) is 24.1 Å². The average Bonchev–Trinajstić information content (AvgIpc) is 2.67. The molecular weight excluding hydrogens is 265 g/mol. The van der Waals surface area contributed by atoms with Gasteiger partial charge in [0, 0.05) is 29.6 Å². The van der Waals surface area contributed by atoms with E-state index in [4.69, 9.17) is 5.73 Å². The highest BCUT2D eigenvalue weighted by atomic mass is 19.1. The molecule has 2 aromatic rings. The smallest absolute Gasteiger partial charge is 0.153 e. The van der Waals surface area contributed by atoms with E-state index in [1.165, 1.54) is 4.57 Å². The monoisotopic (exact) mass is 280 g/mol. The highest BCUT2D eigenvalue weighted by molar-refractivity contribution is 5.45. The fraction of sp³-hybridized carbons (Fsp3) is 0.333. The SMILES string of the molecule is Cc1cc2c(n1-c1c(F)cc(F)cc1F)CCCC2N. The Morgan fingerprint density at radius 3 is 2.45 bits per heavy atom. The summed E-state index contributed by atoms with van der Waals surface area (Å²) in [6, 6.07) is 3.16. The molecule has 0 bridgehead atoms. The summed E-state index contributed by atoms with van der Waals surface area (Å²) < 4.78 is 42.5. The van der Waals surface area contributed by atoms with Gasteiger partial charge in [-0.1, -0.05) is 0 Å². The number of fused-ring (bicyclic) bond motifs is 1. The van der Waals surface area contributed by atoms with Crippen LogP contribution in [0.4, 0.5) is 13.2 Å². The molecular formula is C15H15F3N2. The fourth-order valence-electron chi connectivity index (χ4n) is 3.00. The molecule has 20 heavy (non-hydrogen) atoms. The lowest BCUT2D eigenvalue weighted by atomic mass is 9.93. The maximum atomic E-state index is 14.0. The van der Waals surface area contributed by atoms with Gasteiger partial charge in [0.15, 0.2) is 11.6 Å². The Morgan fingerprint density at radius 1 is 1.15 bits per heavy atom. The van der Waals surface area contributed by atoms with Crippen LogP contribution < -0.4 is 5.73 Å². The van der Waals surface area contributed by atoms with Crippen molar-refractivity contribution >= 4 is 0 Å². The number of halogens is 3. The summed E-state index contributed by atoms with van der Waals surface area (Å²) in [5.74, 6) is -2.72. The number of rotatable bonds is 1. The van der Waals surface area contributed by atoms with Gasteiger partial charge in [-0.15, -0.1) is 0 Å². The van der Waals surface area contributed by atoms with E-state index >= 15 is 0 Å². The lowest BCUT2D eigenvalue weighted by molar-refractivity contribution is 0.522. The van der Waals surface area contributed by atoms with Gasteiger partial charge >= 0.3 is 0 Å². The second-order valence-corrected chi connectivity index (χ2v) is 5.24. The number of nitrogens with two attached hydrogens (primary N) is 1. The van der Waals surface area contributed by atoms with Crippen molar-refractivity contribution in [1.29, 1.82) is 0 Å². The first-order chi connectivity index (χ1) is 9.49. The summed E-state index contributed by atoms with van der Waals surface area (Å²) in [6.45, 7) is 1.77. The molecule has 2 N–H and O–H groups in total. The summed E-state index contributed by atoms with van der Waals surface area (Å²) in [5.41, 5.74) is 8.28. The average molecular weight is 280 g/mol. The lowest BCUT2D eigenvalue weighted by Gasteiger charge is -2.21. The van der Waals surface area contributed by atoms with E-state index in [1.807, 2.05) is 6.07 Å². The van der Waals surface area contributed by atoms with Crippen LogP contribution in [0, 0.1) is 24.4 Å². The van der Waals surface area contributed by atoms with Crippen molar-refractivity contribution in [3.05, 3.63) is 52.6 Å². The Kier molecular flexibility index (Phi) is 3.09. The minimum absolute atomic E-state index is 0.106. The third-order valence-electron chi connectivity index (χ3n) is 3.85. The molecule has 3 rings (SSSR count). The van der Waals surface area contributed by atoms with Gasteiger partial charge in [0.25, 0.3) is 0 Å². The van der Waals surface area contributed by atoms with E-state index in [2.05, 4.69) is 0 Å². The Hall–Kier alpha value is -1.75. The van der Waals surface area contributed by atoms with E-state index in [-0.39, 0.29) is 11.7 Å². The molecule has 0 spiro atoms. The first-order valence-electron chi connectivity index (χ1n) is 6.60. The van der Waals surface area contributed by atoms with Crippen LogP contribution in [0.25, 0.3) is 5.69 Å². The van der Waals surface area contributed by atoms with Crippen molar-refractivity contribution in [3.8, 4) is 5.69 Å². The zero-order valence-corrected chi connectivity index (χ0v) is 11.1. The van der Waals surface area contributed by atoms with Crippen molar-refractivity contribution in [2.45, 2.75) is 32.2 Å². The molecule has 1 aliphatic rings. The molecule has 2 nitrogen and oxygen atoms in total. The van der Waals surface area contributed by atoms with Gasteiger partial charge in [-0.05, 0) is 37.8 Å². The molecule has 1 aliphatic carbocycles. The molecule has 0 fully saturated rings. The van der Waals surface area contributed by atoms with Crippen LogP contribution in [0.1, 0.15) is 35.8 Å². The Morgan fingerprint density at radius 2 is 1.80 bits per heavy atom. The van der Waals surface area contributed by atoms with Gasteiger partial charge in [-0.25, -0.2) is 13.2 Å². The quantitative estimate of drug-likeness (QED) is 0.851. The number of hydrogen-bond donors (Lipinski definition) is 1. The predicted octanol–water partition coefficient (Wildman–Crippen LogP) is 3.54. The van der Waals surface area contributed by atoms with E-state index in [0.29, 0.717) is 24.2 Å². The third kappa shape index (κ3) is 1.93. The van der Waals surface area contributed by atoms with Gasteiger partial charge in [-0.3, -0.25) is 0 Å². The zero-order valence-electron chi connectivity index (χ0n) is 11.1. The number of hydrogen-bond acceptors (Lipinski definition) is 1. The molecule has 1 aromatic heterocycles. The topological polar surface area (TPSA) is 30.9 Å². The van der Waals surface area contributed by atoms with Crippen LogP contribution in [-0.4, -0.2) is 4.57 Å². The van der Waals surface area contributed by atoms with E-state index < -0.39 is 17.5 Å². The molecule has 1 aromatic carbocycles. The standard InChI is InChI=1S/C15H15F3N2/c1-8-5-10-13(19)3-2-4-14(10)20(8)15-11(17)6-9(16)7-12(15)18/h5-7,13H,2-4,19H2,1H3. The second kappa shape index (κ2) is 4.66. The predicted molar refractivity (Wildman–Crippen MR) is 70.2 cm³/mol. The van der Waals surface area contributed by atoms with E-state index in [9.17, 15) is 13.2 Å². The van der Waals surface area contributed by atoms with Crippen LogP contribution in [-0.2, 0) is 6.42 Å². The number of benzene rings is 1. The molecule has 0 radical (unpaired) electrons. The number of aromatic nitrogens is 1. The van der Waals surface area contributed by atoms with Crippen molar-refractivity contribution in [2.24, 2.45) is 5.73 Å². The highest BCUT2D eigenvalue weighted by Crippen LogP contribution is 2.34. The fourth-order valence-corrected chi connectivity index (χ4v) is 3.00. The maximum Gasteiger partial charge on any atom is 0.153 e. The van der Waals surface area contributed by atoms with Crippen LogP contribution in [0.3, 0.4) is 0 Å². The summed E-state index contributed by atoms with van der Waals surface area (Å²) in [7, 11) is 0. The van der Waals surface area contributed by atoms with Gasteiger partial charge in [0.05, 0.1) is 0 Å². The van der Waals surface area contributed by atoms with Gasteiger partial charge in [0.1, 0.15) is 11.5 Å². The molecule has 5 heteroatoms. The van der Waals surface area contributed by atoms with Crippen molar-refractivity contribution in [3.63, 3.8) is 0 Å². The Bertz CT molecular complexity index is 653. The van der Waals surface area contributed by atoms with Crippen molar-refractivity contribution < 1.29 is 13.2 Å². The normalized spacial score (nSPS) is 18.1. The maximum absolute atomic E-state index is 14.0. The van der Waals surface area contributed by atoms with Crippen LogP contribution in [0.5, 0.6) is 0 Å². The second-order valence-electron chi connectivity index (χ2n) is 5.24. The Balaban J connectivity index is 2.26. The molecule has 1 atom stereocenters. The van der Waals surface area contributed by atoms with Crippen LogP contribution >= 0.6 is 0 Å². The first kappa shape index (κ1) is 13.2. The summed E-state index contributed by atoms with van der Waals surface area (Å²) >= 11 is 0. The van der Waals surface area contributed by atoms with Crippen molar-refractivity contribution in [2.75, 3.05) is 0 Å². The molecule has 0 aliphatic heterocycles. The zero-order chi connectivity index (χ0) is 14.4. The van der Waals surface area contributed by atoms with Crippen LogP contribution in [0.2, 0.25) is 0 Å². The number of nitrogens with zero attached hydrogens (tertiary/aromatic N) is 1. The van der Waals surface area contributed by atoms with Gasteiger partial charge in [0.2, 0.25) is 0 Å². The molecule has 1 unspecified atom stereocenters. The lowest BCUT2D eigenvalue weighted by Crippen LogP contribution is -2.18. The summed E-state index contributed by atoms with van der Waals surface area (Å²) in [5, 5.41) is 0. The summed E-state index contributed by atoms with van der Waals surface area (Å²) in [6.07, 6.45) is 2.46. The minimum atomic E-state index is -0.917.